The third-order valence-electron chi connectivity index (χ3n) is 4.42. The molecule has 1 saturated carbocycles. The standard InChI is InChI=1S/C17H26BrN3O2S/c1-13(8-11-24(3,22)23)21-16(19-2)20-12-17(9-10-17)14-6-4-5-7-15(14)18/h4-7,13H,8-12H2,1-3H3,(H2,19,20,21). The molecule has 1 unspecified atom stereocenters. The summed E-state index contributed by atoms with van der Waals surface area (Å²) in [7, 11) is -1.20. The molecule has 5 nitrogen and oxygen atoms in total. The van der Waals surface area contributed by atoms with E-state index in [0.29, 0.717) is 12.4 Å². The zero-order chi connectivity index (χ0) is 17.8. The minimum absolute atomic E-state index is 0.0459. The van der Waals surface area contributed by atoms with Crippen LogP contribution in [0.4, 0.5) is 0 Å². The van der Waals surface area contributed by atoms with E-state index in [1.54, 1.807) is 7.05 Å². The molecule has 1 aromatic carbocycles. The van der Waals surface area contributed by atoms with Crippen molar-refractivity contribution in [2.24, 2.45) is 4.99 Å². The van der Waals surface area contributed by atoms with E-state index in [1.807, 2.05) is 13.0 Å². The summed E-state index contributed by atoms with van der Waals surface area (Å²) in [5.74, 6) is 0.897. The first-order valence-electron chi connectivity index (χ1n) is 8.16. The lowest BCUT2D eigenvalue weighted by Gasteiger charge is -2.22. The number of halogens is 1. The summed E-state index contributed by atoms with van der Waals surface area (Å²) in [4.78, 5) is 4.25. The lowest BCUT2D eigenvalue weighted by molar-refractivity contribution is 0.576. The molecule has 24 heavy (non-hydrogen) atoms. The van der Waals surface area contributed by atoms with Gasteiger partial charge in [0.15, 0.2) is 5.96 Å². The molecule has 0 saturated heterocycles. The largest absolute Gasteiger partial charge is 0.356 e. The molecule has 1 aliphatic rings. The van der Waals surface area contributed by atoms with Gasteiger partial charge in [-0.3, -0.25) is 4.99 Å². The predicted octanol–water partition coefficient (Wildman–Crippen LogP) is 2.47. The number of sulfone groups is 1. The third-order valence-corrected chi connectivity index (χ3v) is 6.09. The quantitative estimate of drug-likeness (QED) is 0.529. The molecule has 0 radical (unpaired) electrons. The van der Waals surface area contributed by atoms with E-state index in [2.05, 4.69) is 49.8 Å². The van der Waals surface area contributed by atoms with E-state index in [0.717, 1.165) is 23.9 Å². The van der Waals surface area contributed by atoms with Crippen molar-refractivity contribution >= 4 is 31.7 Å². The zero-order valence-corrected chi connectivity index (χ0v) is 16.9. The summed E-state index contributed by atoms with van der Waals surface area (Å²) in [6, 6.07) is 8.39. The highest BCUT2D eigenvalue weighted by Gasteiger charge is 2.45. The molecular weight excluding hydrogens is 390 g/mol. The smallest absolute Gasteiger partial charge is 0.191 e. The Morgan fingerprint density at radius 3 is 2.58 bits per heavy atom. The lowest BCUT2D eigenvalue weighted by Crippen LogP contribution is -2.45. The molecule has 0 aromatic heterocycles. The normalized spacial score (nSPS) is 18.1. The Hall–Kier alpha value is -1.08. The Balaban J connectivity index is 1.89. The SMILES string of the molecule is CN=C(NCC1(c2ccccc2Br)CC1)NC(C)CCS(C)(=O)=O. The van der Waals surface area contributed by atoms with Crippen LogP contribution >= 0.6 is 15.9 Å². The van der Waals surface area contributed by atoms with Crippen molar-refractivity contribution in [2.75, 3.05) is 25.6 Å². The van der Waals surface area contributed by atoms with Gasteiger partial charge in [-0.1, -0.05) is 34.1 Å². The van der Waals surface area contributed by atoms with Crippen LogP contribution in [-0.2, 0) is 15.3 Å². The minimum Gasteiger partial charge on any atom is -0.356 e. The van der Waals surface area contributed by atoms with E-state index >= 15 is 0 Å². The van der Waals surface area contributed by atoms with Gasteiger partial charge in [0.25, 0.3) is 0 Å². The Morgan fingerprint density at radius 1 is 1.38 bits per heavy atom. The van der Waals surface area contributed by atoms with E-state index in [-0.39, 0.29) is 17.2 Å². The lowest BCUT2D eigenvalue weighted by atomic mass is 9.96. The van der Waals surface area contributed by atoms with Crippen LogP contribution in [0.1, 0.15) is 31.7 Å². The molecule has 134 valence electrons. The van der Waals surface area contributed by atoms with Crippen molar-refractivity contribution < 1.29 is 8.42 Å². The number of hydrogen-bond donors (Lipinski definition) is 2. The summed E-state index contributed by atoms with van der Waals surface area (Å²) < 4.78 is 23.7. The van der Waals surface area contributed by atoms with Crippen LogP contribution in [0.25, 0.3) is 0 Å². The monoisotopic (exact) mass is 415 g/mol. The fourth-order valence-corrected chi connectivity index (χ4v) is 4.21. The summed E-state index contributed by atoms with van der Waals surface area (Å²) >= 11 is 3.65. The molecule has 0 amide bonds. The molecule has 1 aromatic rings. The molecule has 2 rings (SSSR count). The Labute approximate surface area is 153 Å². The molecule has 1 aliphatic carbocycles. The maximum absolute atomic E-state index is 11.3. The maximum atomic E-state index is 11.3. The zero-order valence-electron chi connectivity index (χ0n) is 14.5. The highest BCUT2D eigenvalue weighted by molar-refractivity contribution is 9.10. The van der Waals surface area contributed by atoms with E-state index in [4.69, 9.17) is 0 Å². The maximum Gasteiger partial charge on any atom is 0.191 e. The molecule has 0 aliphatic heterocycles. The van der Waals surface area contributed by atoms with Gasteiger partial charge in [-0.05, 0) is 37.8 Å². The van der Waals surface area contributed by atoms with Gasteiger partial charge in [0.1, 0.15) is 9.84 Å². The van der Waals surface area contributed by atoms with Crippen molar-refractivity contribution in [3.8, 4) is 0 Å². The van der Waals surface area contributed by atoms with Gasteiger partial charge in [-0.15, -0.1) is 0 Å². The topological polar surface area (TPSA) is 70.6 Å². The predicted molar refractivity (Wildman–Crippen MR) is 103 cm³/mol. The average Bonchev–Trinajstić information content (AvgIpc) is 3.30. The molecule has 1 atom stereocenters. The van der Waals surface area contributed by atoms with Crippen LogP contribution in [0.15, 0.2) is 33.7 Å². The Kier molecular flexibility index (Phi) is 6.31. The average molecular weight is 416 g/mol. The van der Waals surface area contributed by atoms with Gasteiger partial charge < -0.3 is 10.6 Å². The van der Waals surface area contributed by atoms with E-state index in [1.165, 1.54) is 11.8 Å². The van der Waals surface area contributed by atoms with Crippen molar-refractivity contribution in [1.29, 1.82) is 0 Å². The first-order chi connectivity index (χ1) is 11.3. The third kappa shape index (κ3) is 5.48. The summed E-state index contributed by atoms with van der Waals surface area (Å²) in [6.45, 7) is 2.78. The first-order valence-corrected chi connectivity index (χ1v) is 11.0. The second-order valence-corrected chi connectivity index (χ2v) is 9.76. The van der Waals surface area contributed by atoms with Crippen molar-refractivity contribution in [3.05, 3.63) is 34.3 Å². The van der Waals surface area contributed by atoms with Crippen molar-refractivity contribution in [3.63, 3.8) is 0 Å². The number of benzene rings is 1. The van der Waals surface area contributed by atoms with Gasteiger partial charge in [0, 0.05) is 35.8 Å². The summed E-state index contributed by atoms with van der Waals surface area (Å²) in [5, 5.41) is 6.66. The van der Waals surface area contributed by atoms with Crippen LogP contribution in [-0.4, -0.2) is 46.0 Å². The van der Waals surface area contributed by atoms with Gasteiger partial charge in [0.2, 0.25) is 0 Å². The number of nitrogens with one attached hydrogen (secondary N) is 2. The van der Waals surface area contributed by atoms with E-state index in [9.17, 15) is 8.42 Å². The van der Waals surface area contributed by atoms with Gasteiger partial charge in [-0.2, -0.15) is 0 Å². The fraction of sp³-hybridized carbons (Fsp3) is 0.588. The first kappa shape index (κ1) is 19.2. The molecule has 0 spiro atoms. The van der Waals surface area contributed by atoms with E-state index < -0.39 is 9.84 Å². The van der Waals surface area contributed by atoms with Crippen molar-refractivity contribution in [2.45, 2.75) is 37.6 Å². The molecule has 1 fully saturated rings. The Bertz CT molecular complexity index is 700. The molecular formula is C17H26BrN3O2S. The fourth-order valence-electron chi connectivity index (χ4n) is 2.73. The number of guanidine groups is 1. The van der Waals surface area contributed by atoms with Gasteiger partial charge >= 0.3 is 0 Å². The van der Waals surface area contributed by atoms with Crippen LogP contribution < -0.4 is 10.6 Å². The second-order valence-electron chi connectivity index (χ2n) is 6.65. The highest BCUT2D eigenvalue weighted by Crippen LogP contribution is 2.49. The van der Waals surface area contributed by atoms with Gasteiger partial charge in [-0.25, -0.2) is 8.42 Å². The number of aliphatic imine (C=N–C) groups is 1. The molecule has 7 heteroatoms. The highest BCUT2D eigenvalue weighted by atomic mass is 79.9. The summed E-state index contributed by atoms with van der Waals surface area (Å²) in [6.07, 6.45) is 4.14. The number of nitrogens with zero attached hydrogens (tertiary/aromatic N) is 1. The van der Waals surface area contributed by atoms with Crippen LogP contribution in [0.5, 0.6) is 0 Å². The van der Waals surface area contributed by atoms with Crippen LogP contribution in [0.2, 0.25) is 0 Å². The second kappa shape index (κ2) is 7.87. The number of rotatable bonds is 7. The molecule has 2 N–H and O–H groups in total. The molecule has 0 bridgehead atoms. The Morgan fingerprint density at radius 2 is 2.04 bits per heavy atom. The number of hydrogen-bond acceptors (Lipinski definition) is 3. The molecule has 0 heterocycles. The minimum atomic E-state index is -2.93. The van der Waals surface area contributed by atoms with Crippen LogP contribution in [0, 0.1) is 0 Å². The van der Waals surface area contributed by atoms with Gasteiger partial charge in [0.05, 0.1) is 5.75 Å². The van der Waals surface area contributed by atoms with Crippen molar-refractivity contribution in [1.82, 2.24) is 10.6 Å². The summed E-state index contributed by atoms with van der Waals surface area (Å²) in [5.41, 5.74) is 1.49. The van der Waals surface area contributed by atoms with Crippen LogP contribution in [0.3, 0.4) is 0 Å².